The largest absolute Gasteiger partial charge is 0.465 e. The molecule has 0 radical (unpaired) electrons. The second-order valence-corrected chi connectivity index (χ2v) is 8.02. The maximum atomic E-state index is 13.3. The van der Waals surface area contributed by atoms with Crippen LogP contribution in [0.25, 0.3) is 0 Å². The van der Waals surface area contributed by atoms with Gasteiger partial charge in [-0.1, -0.05) is 13.8 Å². The van der Waals surface area contributed by atoms with Crippen molar-refractivity contribution in [3.05, 3.63) is 0 Å². The first-order valence-corrected chi connectivity index (χ1v) is 8.09. The van der Waals surface area contributed by atoms with Crippen LogP contribution in [-0.4, -0.2) is 42.4 Å². The number of carbonyl (C=O) groups excluding carboxylic acids is 2. The Morgan fingerprint density at radius 1 is 1.45 bits per heavy atom. The first-order chi connectivity index (χ1) is 9.89. The average molecular weight is 340 g/mol. The lowest BCUT2D eigenvalue weighted by atomic mass is 9.80. The molecule has 1 N–H and O–H groups in total. The van der Waals surface area contributed by atoms with Gasteiger partial charge in [0.2, 0.25) is 0 Å². The fraction of sp³-hybridized carbons (Fsp3) is 0.833. The highest BCUT2D eigenvalue weighted by atomic mass is 32.2. The molecule has 0 aromatic carbocycles. The normalized spacial score (nSPS) is 39.0. The van der Waals surface area contributed by atoms with Gasteiger partial charge in [0.25, 0.3) is 0 Å². The van der Waals surface area contributed by atoms with Gasteiger partial charge in [-0.15, -0.1) is 0 Å². The van der Waals surface area contributed by atoms with E-state index in [-0.39, 0.29) is 17.8 Å². The number of fused-ring (bicyclic) bond motifs is 1. The Labute approximate surface area is 124 Å². The molecule has 2 bridgehead atoms. The summed E-state index contributed by atoms with van der Waals surface area (Å²) in [5.74, 6) is -3.81. The maximum Gasteiger partial charge on any atom is 0.465 e. The van der Waals surface area contributed by atoms with Gasteiger partial charge in [-0.3, -0.25) is 9.35 Å². The smallest absolute Gasteiger partial charge is 0.458 e. The van der Waals surface area contributed by atoms with E-state index in [0.29, 0.717) is 6.42 Å². The Kier molecular flexibility index (Phi) is 2.95. The summed E-state index contributed by atoms with van der Waals surface area (Å²) in [6, 6.07) is 0. The molecule has 0 spiro atoms. The molecule has 3 fully saturated rings. The second-order valence-electron chi connectivity index (χ2n) is 6.56. The van der Waals surface area contributed by atoms with Gasteiger partial charge in [-0.25, -0.2) is 4.79 Å². The molecule has 5 atom stereocenters. The van der Waals surface area contributed by atoms with Crippen LogP contribution in [-0.2, 0) is 29.2 Å². The number of ether oxygens (including phenoxy) is 2. The SMILES string of the molecule is CC1(C)C2CC3C(=O)OC(C2OC(=O)C(F)(F)S(=O)(=O)O)C31. The van der Waals surface area contributed by atoms with Crippen molar-refractivity contribution in [2.24, 2.45) is 23.2 Å². The highest BCUT2D eigenvalue weighted by Crippen LogP contribution is 2.65. The third kappa shape index (κ3) is 1.76. The molecule has 3 rings (SSSR count). The van der Waals surface area contributed by atoms with Crippen molar-refractivity contribution in [2.75, 3.05) is 0 Å². The summed E-state index contributed by atoms with van der Waals surface area (Å²) in [4.78, 5) is 23.2. The Bertz CT molecular complexity index is 656. The molecule has 1 aliphatic heterocycles. The zero-order valence-electron chi connectivity index (χ0n) is 11.7. The van der Waals surface area contributed by atoms with Crippen molar-refractivity contribution in [1.82, 2.24) is 0 Å². The fourth-order valence-electron chi connectivity index (χ4n) is 4.18. The number of halogens is 2. The van der Waals surface area contributed by atoms with Crippen LogP contribution < -0.4 is 0 Å². The van der Waals surface area contributed by atoms with E-state index in [1.807, 2.05) is 13.8 Å². The van der Waals surface area contributed by atoms with Crippen LogP contribution >= 0.6 is 0 Å². The van der Waals surface area contributed by atoms with Crippen LogP contribution in [0, 0.1) is 23.2 Å². The summed E-state index contributed by atoms with van der Waals surface area (Å²) >= 11 is 0. The van der Waals surface area contributed by atoms with E-state index in [9.17, 15) is 26.8 Å². The molecule has 3 aliphatic rings. The molecule has 2 aliphatic carbocycles. The molecule has 2 saturated carbocycles. The van der Waals surface area contributed by atoms with E-state index in [2.05, 4.69) is 4.74 Å². The van der Waals surface area contributed by atoms with Gasteiger partial charge < -0.3 is 9.47 Å². The third-order valence-corrected chi connectivity index (χ3v) is 6.00. The molecule has 5 unspecified atom stereocenters. The Morgan fingerprint density at radius 2 is 2.05 bits per heavy atom. The van der Waals surface area contributed by atoms with Crippen molar-refractivity contribution in [3.8, 4) is 0 Å². The van der Waals surface area contributed by atoms with Crippen LogP contribution in [0.1, 0.15) is 20.3 Å². The Balaban J connectivity index is 1.86. The fourth-order valence-corrected chi connectivity index (χ4v) is 4.44. The van der Waals surface area contributed by atoms with Crippen molar-refractivity contribution >= 4 is 22.1 Å². The summed E-state index contributed by atoms with van der Waals surface area (Å²) in [5, 5.41) is -5.05. The summed E-state index contributed by atoms with van der Waals surface area (Å²) in [6.45, 7) is 3.65. The number of hydrogen-bond donors (Lipinski definition) is 1. The molecule has 0 aromatic heterocycles. The van der Waals surface area contributed by atoms with E-state index >= 15 is 0 Å². The Hall–Kier alpha value is -1.29. The highest BCUT2D eigenvalue weighted by molar-refractivity contribution is 7.87. The summed E-state index contributed by atoms with van der Waals surface area (Å²) < 4.78 is 66.0. The number of rotatable bonds is 3. The zero-order chi connectivity index (χ0) is 16.7. The van der Waals surface area contributed by atoms with E-state index in [0.717, 1.165) is 0 Å². The molecule has 0 aromatic rings. The first-order valence-electron chi connectivity index (χ1n) is 6.65. The molecular weight excluding hydrogens is 326 g/mol. The van der Waals surface area contributed by atoms with Gasteiger partial charge in [0.15, 0.2) is 0 Å². The molecule has 1 saturated heterocycles. The maximum absolute atomic E-state index is 13.3. The van der Waals surface area contributed by atoms with Gasteiger partial charge in [-0.05, 0) is 11.8 Å². The number of carbonyl (C=O) groups is 2. The quantitative estimate of drug-likeness (QED) is 0.592. The van der Waals surface area contributed by atoms with Gasteiger partial charge in [-0.2, -0.15) is 17.2 Å². The number of hydrogen-bond acceptors (Lipinski definition) is 6. The minimum absolute atomic E-state index is 0.262. The molecule has 0 amide bonds. The predicted molar refractivity (Wildman–Crippen MR) is 65.1 cm³/mol. The summed E-state index contributed by atoms with van der Waals surface area (Å²) in [6.07, 6.45) is -1.65. The minimum atomic E-state index is -5.93. The molecule has 7 nitrogen and oxygen atoms in total. The van der Waals surface area contributed by atoms with Crippen LogP contribution in [0.15, 0.2) is 0 Å². The average Bonchev–Trinajstić information content (AvgIpc) is 2.84. The van der Waals surface area contributed by atoms with Crippen molar-refractivity contribution < 1.29 is 40.8 Å². The standard InChI is InChI=1S/C12H14F2O7S/c1-11(2)5-3-4-6(11)8(20-9(4)15)7(5)21-10(16)12(13,14)22(17,18)19/h4-8H,3H2,1-2H3,(H,17,18,19). The number of alkyl halides is 2. The number of esters is 2. The predicted octanol–water partition coefficient (Wildman–Crippen LogP) is 0.596. The van der Waals surface area contributed by atoms with E-state index in [1.165, 1.54) is 0 Å². The molecule has 124 valence electrons. The van der Waals surface area contributed by atoms with Crippen LogP contribution in [0.4, 0.5) is 8.78 Å². The highest BCUT2D eigenvalue weighted by Gasteiger charge is 2.72. The molecule has 1 heterocycles. The summed E-state index contributed by atoms with van der Waals surface area (Å²) in [7, 11) is -5.93. The van der Waals surface area contributed by atoms with Gasteiger partial charge in [0.1, 0.15) is 12.2 Å². The summed E-state index contributed by atoms with van der Waals surface area (Å²) in [5.41, 5.74) is -0.459. The molecule has 22 heavy (non-hydrogen) atoms. The van der Waals surface area contributed by atoms with Crippen molar-refractivity contribution in [2.45, 2.75) is 37.7 Å². The van der Waals surface area contributed by atoms with Crippen LogP contribution in [0.2, 0.25) is 0 Å². The molecule has 10 heteroatoms. The van der Waals surface area contributed by atoms with E-state index in [1.54, 1.807) is 0 Å². The van der Waals surface area contributed by atoms with Crippen LogP contribution in [0.3, 0.4) is 0 Å². The second kappa shape index (κ2) is 4.16. The third-order valence-electron chi connectivity index (χ3n) is 5.19. The van der Waals surface area contributed by atoms with E-state index in [4.69, 9.17) is 9.29 Å². The topological polar surface area (TPSA) is 107 Å². The Morgan fingerprint density at radius 3 is 2.59 bits per heavy atom. The minimum Gasteiger partial charge on any atom is -0.458 e. The van der Waals surface area contributed by atoms with E-state index < -0.39 is 44.9 Å². The molecular formula is C12H14F2O7S. The lowest BCUT2D eigenvalue weighted by Crippen LogP contribution is -2.44. The first kappa shape index (κ1) is 15.6. The van der Waals surface area contributed by atoms with Crippen molar-refractivity contribution in [1.29, 1.82) is 0 Å². The van der Waals surface area contributed by atoms with Crippen molar-refractivity contribution in [3.63, 3.8) is 0 Å². The van der Waals surface area contributed by atoms with Gasteiger partial charge in [0.05, 0.1) is 5.92 Å². The van der Waals surface area contributed by atoms with Gasteiger partial charge >= 0.3 is 27.3 Å². The lowest BCUT2D eigenvalue weighted by Gasteiger charge is -2.27. The lowest BCUT2D eigenvalue weighted by molar-refractivity contribution is -0.177. The zero-order valence-corrected chi connectivity index (χ0v) is 12.5. The van der Waals surface area contributed by atoms with Crippen LogP contribution in [0.5, 0.6) is 0 Å². The monoisotopic (exact) mass is 340 g/mol. The van der Waals surface area contributed by atoms with Gasteiger partial charge in [0, 0.05) is 11.8 Å².